The van der Waals surface area contributed by atoms with Gasteiger partial charge in [-0.05, 0) is 18.1 Å². The fourth-order valence-corrected chi connectivity index (χ4v) is 2.38. The standard InChI is InChI=1S/C23H26O2/c1-3-5-8-17-23(25-19-21-15-11-7-12-16-21)22(4-2)24-18-20-13-9-6-10-14-20/h3-17,22-23H,2,18-19H2,1H3/b5-3+,17-8-/t22-,23+/m0/s1. The fourth-order valence-electron chi connectivity index (χ4n) is 2.38. The van der Waals surface area contributed by atoms with Gasteiger partial charge in [-0.15, -0.1) is 6.58 Å². The molecule has 130 valence electrons. The molecule has 2 rings (SSSR count). The van der Waals surface area contributed by atoms with Crippen LogP contribution in [-0.2, 0) is 22.7 Å². The van der Waals surface area contributed by atoms with Crippen LogP contribution in [0.2, 0.25) is 0 Å². The van der Waals surface area contributed by atoms with E-state index in [1.807, 2.05) is 67.6 Å². The van der Waals surface area contributed by atoms with Crippen molar-refractivity contribution in [2.24, 2.45) is 0 Å². The summed E-state index contributed by atoms with van der Waals surface area (Å²) in [5, 5.41) is 0. The molecule has 0 saturated heterocycles. The lowest BCUT2D eigenvalue weighted by atomic mass is 10.1. The summed E-state index contributed by atoms with van der Waals surface area (Å²) < 4.78 is 12.1. The first-order valence-electron chi connectivity index (χ1n) is 8.56. The van der Waals surface area contributed by atoms with Crippen molar-refractivity contribution in [3.63, 3.8) is 0 Å². The van der Waals surface area contributed by atoms with Crippen LogP contribution in [-0.4, -0.2) is 12.2 Å². The third-order valence-corrected chi connectivity index (χ3v) is 3.73. The number of rotatable bonds is 10. The molecule has 0 N–H and O–H groups in total. The molecule has 2 nitrogen and oxygen atoms in total. The van der Waals surface area contributed by atoms with Gasteiger partial charge in [0.1, 0.15) is 12.2 Å². The normalized spacial score (nSPS) is 14.0. The average molecular weight is 334 g/mol. The van der Waals surface area contributed by atoms with Crippen molar-refractivity contribution in [3.8, 4) is 0 Å². The highest BCUT2D eigenvalue weighted by atomic mass is 16.5. The maximum Gasteiger partial charge on any atom is 0.106 e. The highest BCUT2D eigenvalue weighted by Gasteiger charge is 2.17. The predicted octanol–water partition coefficient (Wildman–Crippen LogP) is 5.48. The van der Waals surface area contributed by atoms with Crippen LogP contribution in [0.4, 0.5) is 0 Å². The molecule has 0 radical (unpaired) electrons. The van der Waals surface area contributed by atoms with Crippen molar-refractivity contribution in [2.75, 3.05) is 0 Å². The summed E-state index contributed by atoms with van der Waals surface area (Å²) in [6.45, 7) is 6.97. The van der Waals surface area contributed by atoms with Gasteiger partial charge in [0, 0.05) is 0 Å². The van der Waals surface area contributed by atoms with Crippen LogP contribution in [0.3, 0.4) is 0 Å². The van der Waals surface area contributed by atoms with Gasteiger partial charge in [-0.2, -0.15) is 0 Å². The first-order chi connectivity index (χ1) is 12.3. The third-order valence-electron chi connectivity index (χ3n) is 3.73. The van der Waals surface area contributed by atoms with Crippen LogP contribution in [0, 0.1) is 0 Å². The van der Waals surface area contributed by atoms with Crippen LogP contribution in [0.5, 0.6) is 0 Å². The lowest BCUT2D eigenvalue weighted by Crippen LogP contribution is -2.28. The molecule has 0 aliphatic rings. The number of hydrogen-bond acceptors (Lipinski definition) is 2. The molecule has 2 heteroatoms. The number of ether oxygens (including phenoxy) is 2. The van der Waals surface area contributed by atoms with Crippen LogP contribution in [0.15, 0.2) is 97.6 Å². The first-order valence-corrected chi connectivity index (χ1v) is 8.56. The molecule has 0 aromatic heterocycles. The number of benzene rings is 2. The minimum Gasteiger partial charge on any atom is -0.366 e. The van der Waals surface area contributed by atoms with E-state index in [0.29, 0.717) is 13.2 Å². The maximum atomic E-state index is 6.10. The quantitative estimate of drug-likeness (QED) is 0.423. The Bertz CT molecular complexity index is 659. The number of allylic oxidation sites excluding steroid dienone is 3. The smallest absolute Gasteiger partial charge is 0.106 e. The lowest BCUT2D eigenvalue weighted by molar-refractivity contribution is -0.0419. The first kappa shape index (κ1) is 18.9. The molecular formula is C23H26O2. The minimum atomic E-state index is -0.217. The average Bonchev–Trinajstić information content (AvgIpc) is 2.67. The van der Waals surface area contributed by atoms with Gasteiger partial charge >= 0.3 is 0 Å². The molecular weight excluding hydrogens is 308 g/mol. The largest absolute Gasteiger partial charge is 0.366 e. The van der Waals surface area contributed by atoms with Gasteiger partial charge in [0.05, 0.1) is 13.2 Å². The molecule has 0 aliphatic heterocycles. The van der Waals surface area contributed by atoms with Crippen LogP contribution in [0.25, 0.3) is 0 Å². The highest BCUT2D eigenvalue weighted by molar-refractivity contribution is 5.15. The Kier molecular flexibility index (Phi) is 8.46. The van der Waals surface area contributed by atoms with E-state index in [1.54, 1.807) is 6.08 Å². The molecule has 2 aromatic rings. The second-order valence-corrected chi connectivity index (χ2v) is 5.67. The predicted molar refractivity (Wildman–Crippen MR) is 104 cm³/mol. The van der Waals surface area contributed by atoms with E-state index >= 15 is 0 Å². The van der Waals surface area contributed by atoms with E-state index in [2.05, 4.69) is 30.8 Å². The summed E-state index contributed by atoms with van der Waals surface area (Å²) in [5.74, 6) is 0. The Morgan fingerprint density at radius 1 is 0.800 bits per heavy atom. The molecule has 0 unspecified atom stereocenters. The van der Waals surface area contributed by atoms with E-state index in [0.717, 1.165) is 11.1 Å². The summed E-state index contributed by atoms with van der Waals surface area (Å²) >= 11 is 0. The van der Waals surface area contributed by atoms with Crippen molar-refractivity contribution in [1.29, 1.82) is 0 Å². The zero-order chi connectivity index (χ0) is 17.7. The van der Waals surface area contributed by atoms with Gasteiger partial charge in [0.15, 0.2) is 0 Å². The summed E-state index contributed by atoms with van der Waals surface area (Å²) in [5.41, 5.74) is 2.27. The van der Waals surface area contributed by atoms with Gasteiger partial charge in [0.25, 0.3) is 0 Å². The molecule has 25 heavy (non-hydrogen) atoms. The Balaban J connectivity index is 2.01. The topological polar surface area (TPSA) is 18.5 Å². The highest BCUT2D eigenvalue weighted by Crippen LogP contribution is 2.14. The van der Waals surface area contributed by atoms with Crippen molar-refractivity contribution < 1.29 is 9.47 Å². The Morgan fingerprint density at radius 3 is 1.80 bits per heavy atom. The Hall–Kier alpha value is -2.42. The van der Waals surface area contributed by atoms with E-state index in [9.17, 15) is 0 Å². The van der Waals surface area contributed by atoms with Crippen molar-refractivity contribution in [2.45, 2.75) is 32.3 Å². The molecule has 0 aliphatic carbocycles. The van der Waals surface area contributed by atoms with Crippen LogP contribution >= 0.6 is 0 Å². The van der Waals surface area contributed by atoms with Crippen LogP contribution in [0.1, 0.15) is 18.1 Å². The summed E-state index contributed by atoms with van der Waals surface area (Å²) in [4.78, 5) is 0. The van der Waals surface area contributed by atoms with Crippen molar-refractivity contribution >= 4 is 0 Å². The zero-order valence-electron chi connectivity index (χ0n) is 14.8. The second-order valence-electron chi connectivity index (χ2n) is 5.67. The van der Waals surface area contributed by atoms with Gasteiger partial charge in [-0.25, -0.2) is 0 Å². The van der Waals surface area contributed by atoms with E-state index in [4.69, 9.17) is 9.47 Å². The van der Waals surface area contributed by atoms with E-state index in [-0.39, 0.29) is 12.2 Å². The molecule has 0 heterocycles. The lowest BCUT2D eigenvalue weighted by Gasteiger charge is -2.23. The maximum absolute atomic E-state index is 6.10. The second kappa shape index (κ2) is 11.2. The molecule has 0 bridgehead atoms. The minimum absolute atomic E-state index is 0.197. The zero-order valence-corrected chi connectivity index (χ0v) is 14.8. The summed E-state index contributed by atoms with van der Waals surface area (Å²) in [6.07, 6.45) is 9.36. The van der Waals surface area contributed by atoms with Gasteiger partial charge in [-0.3, -0.25) is 0 Å². The van der Waals surface area contributed by atoms with Crippen molar-refractivity contribution in [3.05, 3.63) is 109 Å². The summed E-state index contributed by atoms with van der Waals surface area (Å²) in [6, 6.07) is 20.3. The van der Waals surface area contributed by atoms with Gasteiger partial charge in [-0.1, -0.05) is 91.0 Å². The van der Waals surface area contributed by atoms with Crippen LogP contribution < -0.4 is 0 Å². The SMILES string of the molecule is C=C[C@H](OCc1ccccc1)[C@@H](/C=C\C=C\C)OCc1ccccc1. The Labute approximate surface area is 151 Å². The summed E-state index contributed by atoms with van der Waals surface area (Å²) in [7, 11) is 0. The fraction of sp³-hybridized carbons (Fsp3) is 0.217. The van der Waals surface area contributed by atoms with Gasteiger partial charge in [0.2, 0.25) is 0 Å². The monoisotopic (exact) mass is 334 g/mol. The molecule has 0 saturated carbocycles. The molecule has 2 aromatic carbocycles. The van der Waals surface area contributed by atoms with Crippen molar-refractivity contribution in [1.82, 2.24) is 0 Å². The van der Waals surface area contributed by atoms with Gasteiger partial charge < -0.3 is 9.47 Å². The molecule has 0 fully saturated rings. The van der Waals surface area contributed by atoms with E-state index in [1.165, 1.54) is 0 Å². The molecule has 2 atom stereocenters. The van der Waals surface area contributed by atoms with E-state index < -0.39 is 0 Å². The molecule has 0 amide bonds. The molecule has 0 spiro atoms. The third kappa shape index (κ3) is 6.92. The Morgan fingerprint density at radius 2 is 1.32 bits per heavy atom. The number of hydrogen-bond donors (Lipinski definition) is 0.